The fraction of sp³-hybridized carbons (Fsp3) is 0.500. The van der Waals surface area contributed by atoms with Crippen molar-refractivity contribution >= 4 is 29.1 Å². The van der Waals surface area contributed by atoms with Gasteiger partial charge in [0.1, 0.15) is 12.7 Å². The molecule has 1 aromatic rings. The van der Waals surface area contributed by atoms with Gasteiger partial charge in [-0.1, -0.05) is 29.3 Å². The van der Waals surface area contributed by atoms with E-state index >= 15 is 0 Å². The number of aliphatic hydroxyl groups is 1. The summed E-state index contributed by atoms with van der Waals surface area (Å²) in [5.41, 5.74) is 0. The van der Waals surface area contributed by atoms with Crippen molar-refractivity contribution in [3.8, 4) is 5.75 Å². The van der Waals surface area contributed by atoms with Gasteiger partial charge in [0.2, 0.25) is 5.91 Å². The van der Waals surface area contributed by atoms with Crippen LogP contribution in [0.4, 0.5) is 0 Å². The molecule has 1 aromatic carbocycles. The highest BCUT2D eigenvalue weighted by Gasteiger charge is 2.14. The molecule has 0 radical (unpaired) electrons. The predicted octanol–water partition coefficient (Wildman–Crippen LogP) is 1.85. The van der Waals surface area contributed by atoms with E-state index in [1.165, 1.54) is 0 Å². The second kappa shape index (κ2) is 9.10. The lowest BCUT2D eigenvalue weighted by Gasteiger charge is -2.17. The van der Waals surface area contributed by atoms with Gasteiger partial charge in [0, 0.05) is 13.1 Å². The fourth-order valence-corrected chi connectivity index (χ4v) is 2.10. The van der Waals surface area contributed by atoms with E-state index in [2.05, 4.69) is 10.6 Å². The minimum Gasteiger partial charge on any atom is -0.488 e. The number of amides is 1. The SMILES string of the molecule is CCNC(=O)C(C)NCC(O)COc1c(Cl)cccc1Cl. The van der Waals surface area contributed by atoms with Gasteiger partial charge in [-0.25, -0.2) is 0 Å². The van der Waals surface area contributed by atoms with Gasteiger partial charge in [-0.3, -0.25) is 4.79 Å². The van der Waals surface area contributed by atoms with Crippen molar-refractivity contribution in [3.63, 3.8) is 0 Å². The van der Waals surface area contributed by atoms with Crippen molar-refractivity contribution in [1.82, 2.24) is 10.6 Å². The number of carbonyl (C=O) groups excluding carboxylic acids is 1. The number of hydrogen-bond acceptors (Lipinski definition) is 4. The number of aliphatic hydroxyl groups excluding tert-OH is 1. The summed E-state index contributed by atoms with van der Waals surface area (Å²) in [4.78, 5) is 11.5. The maximum absolute atomic E-state index is 11.5. The van der Waals surface area contributed by atoms with Crippen LogP contribution >= 0.6 is 23.2 Å². The van der Waals surface area contributed by atoms with Crippen LogP contribution in [0.2, 0.25) is 10.0 Å². The van der Waals surface area contributed by atoms with E-state index in [4.69, 9.17) is 27.9 Å². The lowest BCUT2D eigenvalue weighted by atomic mass is 10.3. The van der Waals surface area contributed by atoms with Crippen LogP contribution in [0.25, 0.3) is 0 Å². The summed E-state index contributed by atoms with van der Waals surface area (Å²) in [5, 5.41) is 16.2. The van der Waals surface area contributed by atoms with E-state index < -0.39 is 6.10 Å². The van der Waals surface area contributed by atoms with E-state index in [1.54, 1.807) is 25.1 Å². The maximum Gasteiger partial charge on any atom is 0.236 e. The third-order valence-corrected chi connectivity index (χ3v) is 3.34. The zero-order valence-corrected chi connectivity index (χ0v) is 13.5. The molecule has 2 atom stereocenters. The van der Waals surface area contributed by atoms with Crippen LogP contribution in [-0.2, 0) is 4.79 Å². The molecule has 0 aliphatic rings. The largest absolute Gasteiger partial charge is 0.488 e. The van der Waals surface area contributed by atoms with E-state index in [1.807, 2.05) is 6.92 Å². The molecule has 0 spiro atoms. The molecule has 21 heavy (non-hydrogen) atoms. The van der Waals surface area contributed by atoms with Gasteiger partial charge >= 0.3 is 0 Å². The van der Waals surface area contributed by atoms with E-state index in [-0.39, 0.29) is 25.1 Å². The normalized spacial score (nSPS) is 13.6. The molecule has 5 nitrogen and oxygen atoms in total. The molecule has 0 bridgehead atoms. The minimum atomic E-state index is -0.783. The van der Waals surface area contributed by atoms with Gasteiger partial charge < -0.3 is 20.5 Å². The number of hydrogen-bond donors (Lipinski definition) is 3. The topological polar surface area (TPSA) is 70.6 Å². The smallest absolute Gasteiger partial charge is 0.236 e. The Morgan fingerprint density at radius 1 is 1.38 bits per heavy atom. The van der Waals surface area contributed by atoms with Crippen LogP contribution in [0.1, 0.15) is 13.8 Å². The highest BCUT2D eigenvalue weighted by atomic mass is 35.5. The second-order valence-corrected chi connectivity index (χ2v) is 5.35. The highest BCUT2D eigenvalue weighted by molar-refractivity contribution is 6.37. The molecular formula is C14H20Cl2N2O3. The van der Waals surface area contributed by atoms with E-state index in [0.29, 0.717) is 22.3 Å². The molecule has 118 valence electrons. The lowest BCUT2D eigenvalue weighted by Crippen LogP contribution is -2.45. The number of likely N-dealkylation sites (N-methyl/N-ethyl adjacent to an activating group) is 1. The number of halogens is 2. The Kier molecular flexibility index (Phi) is 7.82. The number of para-hydroxylation sites is 1. The summed E-state index contributed by atoms with van der Waals surface area (Å²) in [6.07, 6.45) is -0.783. The van der Waals surface area contributed by atoms with Gasteiger partial charge in [-0.05, 0) is 26.0 Å². The van der Waals surface area contributed by atoms with E-state index in [9.17, 15) is 9.90 Å². The third-order valence-electron chi connectivity index (χ3n) is 2.74. The fourth-order valence-electron chi connectivity index (χ4n) is 1.59. The molecule has 0 aliphatic heterocycles. The standard InChI is InChI=1S/C14H20Cl2N2O3/c1-3-17-14(20)9(2)18-7-10(19)8-21-13-11(15)5-4-6-12(13)16/h4-6,9-10,18-19H,3,7-8H2,1-2H3,(H,17,20). The Morgan fingerprint density at radius 3 is 2.57 bits per heavy atom. The van der Waals surface area contributed by atoms with Crippen molar-refractivity contribution in [3.05, 3.63) is 28.2 Å². The average Bonchev–Trinajstić information content (AvgIpc) is 2.44. The predicted molar refractivity (Wildman–Crippen MR) is 84.1 cm³/mol. The van der Waals surface area contributed by atoms with E-state index in [0.717, 1.165) is 0 Å². The lowest BCUT2D eigenvalue weighted by molar-refractivity contribution is -0.122. The van der Waals surface area contributed by atoms with Crippen LogP contribution in [-0.4, -0.2) is 42.9 Å². The van der Waals surface area contributed by atoms with Crippen molar-refractivity contribution in [1.29, 1.82) is 0 Å². The first-order chi connectivity index (χ1) is 9.95. The van der Waals surface area contributed by atoms with Crippen LogP contribution < -0.4 is 15.4 Å². The molecule has 0 aromatic heterocycles. The molecule has 0 aliphatic carbocycles. The number of rotatable bonds is 8. The number of ether oxygens (including phenoxy) is 1. The first kappa shape index (κ1) is 18.0. The Balaban J connectivity index is 2.38. The Hall–Kier alpha value is -1.01. The number of benzene rings is 1. The summed E-state index contributed by atoms with van der Waals surface area (Å²) in [6, 6.07) is 4.64. The molecule has 0 saturated heterocycles. The van der Waals surface area contributed by atoms with Crippen LogP contribution in [0, 0.1) is 0 Å². The minimum absolute atomic E-state index is 0.0264. The molecule has 7 heteroatoms. The maximum atomic E-state index is 11.5. The molecule has 1 amide bonds. The third kappa shape index (κ3) is 6.09. The van der Waals surface area contributed by atoms with Gasteiger partial charge in [-0.15, -0.1) is 0 Å². The summed E-state index contributed by atoms with van der Waals surface area (Å²) >= 11 is 11.9. The van der Waals surface area contributed by atoms with Crippen molar-refractivity contribution in [2.45, 2.75) is 26.0 Å². The first-order valence-electron chi connectivity index (χ1n) is 6.71. The summed E-state index contributed by atoms with van der Waals surface area (Å²) in [6.45, 7) is 4.39. The zero-order valence-electron chi connectivity index (χ0n) is 12.0. The highest BCUT2D eigenvalue weighted by Crippen LogP contribution is 2.32. The number of carbonyl (C=O) groups is 1. The molecule has 2 unspecified atom stereocenters. The Bertz CT molecular complexity index is 451. The molecule has 0 heterocycles. The van der Waals surface area contributed by atoms with Crippen molar-refractivity contribution in [2.75, 3.05) is 19.7 Å². The van der Waals surface area contributed by atoms with Crippen LogP contribution in [0.3, 0.4) is 0 Å². The van der Waals surface area contributed by atoms with Crippen LogP contribution in [0.15, 0.2) is 18.2 Å². The summed E-state index contributed by atoms with van der Waals surface area (Å²) in [5.74, 6) is 0.233. The van der Waals surface area contributed by atoms with Gasteiger partial charge in [0.25, 0.3) is 0 Å². The van der Waals surface area contributed by atoms with Gasteiger partial charge in [0.15, 0.2) is 5.75 Å². The monoisotopic (exact) mass is 334 g/mol. The summed E-state index contributed by atoms with van der Waals surface area (Å²) < 4.78 is 5.42. The quantitative estimate of drug-likeness (QED) is 0.678. The zero-order chi connectivity index (χ0) is 15.8. The van der Waals surface area contributed by atoms with Gasteiger partial charge in [0.05, 0.1) is 16.1 Å². The Morgan fingerprint density at radius 2 is 2.00 bits per heavy atom. The molecule has 1 rings (SSSR count). The Labute approximate surface area is 134 Å². The molecule has 0 saturated carbocycles. The molecule has 3 N–H and O–H groups in total. The van der Waals surface area contributed by atoms with Crippen molar-refractivity contribution < 1.29 is 14.6 Å². The molecule has 0 fully saturated rings. The number of nitrogens with one attached hydrogen (secondary N) is 2. The van der Waals surface area contributed by atoms with Crippen LogP contribution in [0.5, 0.6) is 5.75 Å². The van der Waals surface area contributed by atoms with Gasteiger partial charge in [-0.2, -0.15) is 0 Å². The molecular weight excluding hydrogens is 315 g/mol. The first-order valence-corrected chi connectivity index (χ1v) is 7.47. The summed E-state index contributed by atoms with van der Waals surface area (Å²) in [7, 11) is 0. The average molecular weight is 335 g/mol. The second-order valence-electron chi connectivity index (χ2n) is 4.54. The van der Waals surface area contributed by atoms with Crippen molar-refractivity contribution in [2.24, 2.45) is 0 Å².